The summed E-state index contributed by atoms with van der Waals surface area (Å²) in [5.41, 5.74) is -1.09. The molecule has 4 aliphatic rings. The molecule has 2 bridgehead atoms. The highest BCUT2D eigenvalue weighted by atomic mass is 16.6. The Kier molecular flexibility index (Phi) is 8.38. The van der Waals surface area contributed by atoms with Crippen LogP contribution in [-0.4, -0.2) is 41.9 Å². The van der Waals surface area contributed by atoms with E-state index in [1.54, 1.807) is 0 Å². The molecule has 168 valence electrons. The number of carbonyl (C=O) groups is 2. The van der Waals surface area contributed by atoms with Crippen LogP contribution in [0.5, 0.6) is 0 Å². The van der Waals surface area contributed by atoms with E-state index in [-0.39, 0.29) is 23.1 Å². The molecule has 0 aromatic heterocycles. The van der Waals surface area contributed by atoms with Gasteiger partial charge in [0.05, 0.1) is 17.7 Å². The number of nitrogens with one attached hydrogen (secondary N) is 2. The molecule has 4 fully saturated rings. The molecule has 2 amide bonds. The molecule has 2 heterocycles. The van der Waals surface area contributed by atoms with Gasteiger partial charge in [-0.1, -0.05) is 33.1 Å². The van der Waals surface area contributed by atoms with E-state index in [2.05, 4.69) is 10.6 Å². The average Bonchev–Trinajstić information content (AvgIpc) is 2.69. The van der Waals surface area contributed by atoms with Gasteiger partial charge in [-0.2, -0.15) is 0 Å². The minimum absolute atomic E-state index is 0.161. The molecule has 29 heavy (non-hydrogen) atoms. The molecule has 2 aliphatic heterocycles. The van der Waals surface area contributed by atoms with Gasteiger partial charge >= 0.3 is 6.09 Å². The van der Waals surface area contributed by atoms with Gasteiger partial charge in [-0.3, -0.25) is 4.79 Å². The maximum Gasteiger partial charge on any atom is 0.408 e. The zero-order valence-corrected chi connectivity index (χ0v) is 19.2. The molecule has 2 aliphatic carbocycles. The maximum absolute atomic E-state index is 12.3. The highest BCUT2D eigenvalue weighted by Crippen LogP contribution is 2.43. The van der Waals surface area contributed by atoms with Crippen LogP contribution in [0.1, 0.15) is 98.8 Å². The van der Waals surface area contributed by atoms with Crippen LogP contribution in [0.15, 0.2) is 0 Å². The van der Waals surface area contributed by atoms with E-state index >= 15 is 0 Å². The summed E-state index contributed by atoms with van der Waals surface area (Å²) < 4.78 is 11.6. The standard InChI is InChI=1S/C21H36N2O4.C2H6/c1-19(2,3)27-18(25)23-20-9-11-21(12-10-20,26-15-20)14-22-17(24)13-16-7-5-4-6-8-16;1-2/h16H,4-15H2,1-3H3,(H,22,24)(H,23,25);1-2H3. The van der Waals surface area contributed by atoms with Crippen LogP contribution in [0.4, 0.5) is 4.79 Å². The normalized spacial score (nSPS) is 29.4. The second kappa shape index (κ2) is 10.1. The summed E-state index contributed by atoms with van der Waals surface area (Å²) in [6, 6.07) is 0. The Hall–Kier alpha value is -1.30. The van der Waals surface area contributed by atoms with Crippen molar-refractivity contribution in [2.24, 2.45) is 5.92 Å². The lowest BCUT2D eigenvalue weighted by molar-refractivity contribution is -0.160. The van der Waals surface area contributed by atoms with Crippen LogP contribution >= 0.6 is 0 Å². The summed E-state index contributed by atoms with van der Waals surface area (Å²) in [7, 11) is 0. The van der Waals surface area contributed by atoms with E-state index in [4.69, 9.17) is 9.47 Å². The Balaban J connectivity index is 0.00000145. The number of carbonyl (C=O) groups excluding carboxylic acids is 2. The highest BCUT2D eigenvalue weighted by molar-refractivity contribution is 5.76. The predicted molar refractivity (Wildman–Crippen MR) is 115 cm³/mol. The smallest absolute Gasteiger partial charge is 0.408 e. The van der Waals surface area contributed by atoms with Crippen LogP contribution in [-0.2, 0) is 14.3 Å². The van der Waals surface area contributed by atoms with E-state index < -0.39 is 5.60 Å². The molecule has 2 saturated carbocycles. The summed E-state index contributed by atoms with van der Waals surface area (Å²) in [6.07, 6.45) is 9.93. The quantitative estimate of drug-likeness (QED) is 0.688. The van der Waals surface area contributed by atoms with Crippen molar-refractivity contribution in [2.75, 3.05) is 13.2 Å². The van der Waals surface area contributed by atoms with Crippen molar-refractivity contribution in [3.05, 3.63) is 0 Å². The molecule has 0 aromatic carbocycles. The molecule has 0 aromatic rings. The number of amides is 2. The summed E-state index contributed by atoms with van der Waals surface area (Å²) in [5.74, 6) is 0.717. The topological polar surface area (TPSA) is 76.7 Å². The van der Waals surface area contributed by atoms with Gasteiger partial charge in [0, 0.05) is 13.0 Å². The van der Waals surface area contributed by atoms with E-state index in [0.717, 1.165) is 25.7 Å². The van der Waals surface area contributed by atoms with Crippen LogP contribution in [0.25, 0.3) is 0 Å². The first-order valence-electron chi connectivity index (χ1n) is 11.6. The predicted octanol–water partition coefficient (Wildman–Crippen LogP) is 4.71. The van der Waals surface area contributed by atoms with Gasteiger partial charge in [0.1, 0.15) is 5.60 Å². The van der Waals surface area contributed by atoms with Gasteiger partial charge in [0.15, 0.2) is 0 Å². The monoisotopic (exact) mass is 410 g/mol. The molecule has 6 nitrogen and oxygen atoms in total. The van der Waals surface area contributed by atoms with Crippen molar-refractivity contribution in [2.45, 2.75) is 116 Å². The van der Waals surface area contributed by atoms with Gasteiger partial charge in [0.2, 0.25) is 5.91 Å². The fourth-order valence-corrected chi connectivity index (χ4v) is 4.66. The zero-order valence-electron chi connectivity index (χ0n) is 19.2. The van der Waals surface area contributed by atoms with Crippen molar-refractivity contribution < 1.29 is 19.1 Å². The van der Waals surface area contributed by atoms with Crippen molar-refractivity contribution in [3.63, 3.8) is 0 Å². The average molecular weight is 411 g/mol. The third kappa shape index (κ3) is 7.16. The number of fused-ring (bicyclic) bond motifs is 3. The lowest BCUT2D eigenvalue weighted by atomic mass is 9.71. The minimum Gasteiger partial charge on any atom is -0.444 e. The summed E-state index contributed by atoms with van der Waals surface area (Å²) in [5, 5.41) is 6.16. The van der Waals surface area contributed by atoms with Crippen molar-refractivity contribution >= 4 is 12.0 Å². The first kappa shape index (κ1) is 24.0. The first-order valence-corrected chi connectivity index (χ1v) is 11.6. The molecular formula is C23H42N2O4. The molecule has 0 radical (unpaired) electrons. The Morgan fingerprint density at radius 2 is 1.66 bits per heavy atom. The van der Waals surface area contributed by atoms with Gasteiger partial charge in [-0.15, -0.1) is 0 Å². The van der Waals surface area contributed by atoms with Gasteiger partial charge in [0.25, 0.3) is 0 Å². The van der Waals surface area contributed by atoms with Crippen molar-refractivity contribution in [1.82, 2.24) is 10.6 Å². The Morgan fingerprint density at radius 3 is 2.17 bits per heavy atom. The highest BCUT2D eigenvalue weighted by Gasteiger charge is 2.51. The number of hydrogen-bond donors (Lipinski definition) is 2. The molecule has 2 saturated heterocycles. The lowest BCUT2D eigenvalue weighted by Gasteiger charge is -2.53. The number of rotatable bonds is 5. The lowest BCUT2D eigenvalue weighted by Crippen LogP contribution is -2.65. The molecule has 4 rings (SSSR count). The Morgan fingerprint density at radius 1 is 1.03 bits per heavy atom. The minimum atomic E-state index is -0.503. The molecule has 0 atom stereocenters. The number of hydrogen-bond acceptors (Lipinski definition) is 4. The Bertz CT molecular complexity index is 525. The van der Waals surface area contributed by atoms with Gasteiger partial charge < -0.3 is 20.1 Å². The summed E-state index contributed by atoms with van der Waals surface area (Å²) in [4.78, 5) is 24.5. The van der Waals surface area contributed by atoms with E-state index in [9.17, 15) is 9.59 Å². The Labute approximate surface area is 176 Å². The van der Waals surface area contributed by atoms with Crippen molar-refractivity contribution in [3.8, 4) is 0 Å². The maximum atomic E-state index is 12.3. The van der Waals surface area contributed by atoms with E-state index in [1.165, 1.54) is 32.1 Å². The zero-order chi connectivity index (χ0) is 21.5. The third-order valence-electron chi connectivity index (χ3n) is 6.35. The first-order chi connectivity index (χ1) is 13.7. The van der Waals surface area contributed by atoms with Crippen LogP contribution in [0, 0.1) is 5.92 Å². The van der Waals surface area contributed by atoms with Crippen LogP contribution in [0.3, 0.4) is 0 Å². The third-order valence-corrected chi connectivity index (χ3v) is 6.35. The fraction of sp³-hybridized carbons (Fsp3) is 0.913. The number of alkyl carbamates (subject to hydrolysis) is 1. The van der Waals surface area contributed by atoms with Crippen LogP contribution in [0.2, 0.25) is 0 Å². The molecule has 6 heteroatoms. The van der Waals surface area contributed by atoms with E-state index in [0.29, 0.717) is 25.5 Å². The van der Waals surface area contributed by atoms with E-state index in [1.807, 2.05) is 34.6 Å². The molecule has 0 unspecified atom stereocenters. The summed E-state index contributed by atoms with van der Waals surface area (Å²) >= 11 is 0. The second-order valence-electron chi connectivity index (χ2n) is 9.86. The molecule has 2 N–H and O–H groups in total. The van der Waals surface area contributed by atoms with Gasteiger partial charge in [-0.25, -0.2) is 4.79 Å². The van der Waals surface area contributed by atoms with Crippen LogP contribution < -0.4 is 10.6 Å². The second-order valence-corrected chi connectivity index (χ2v) is 9.86. The fourth-order valence-electron chi connectivity index (χ4n) is 4.66. The number of ether oxygens (including phenoxy) is 2. The largest absolute Gasteiger partial charge is 0.444 e. The van der Waals surface area contributed by atoms with Crippen molar-refractivity contribution in [1.29, 1.82) is 0 Å². The summed E-state index contributed by atoms with van der Waals surface area (Å²) in [6.45, 7) is 10.7. The molecule has 0 spiro atoms. The molecular weight excluding hydrogens is 368 g/mol. The SMILES string of the molecule is CC.CC(C)(C)OC(=O)NC12CCC(CNC(=O)CC3CCCCC3)(CC1)OC2. The van der Waals surface area contributed by atoms with Gasteiger partial charge in [-0.05, 0) is 65.2 Å².